The van der Waals surface area contributed by atoms with Gasteiger partial charge in [0, 0.05) is 24.6 Å². The van der Waals surface area contributed by atoms with Gasteiger partial charge in [-0.3, -0.25) is 9.67 Å². The molecule has 2 rings (SSSR count). The van der Waals surface area contributed by atoms with Gasteiger partial charge in [-0.1, -0.05) is 0 Å². The van der Waals surface area contributed by atoms with E-state index < -0.39 is 0 Å². The fourth-order valence-electron chi connectivity index (χ4n) is 1.92. The summed E-state index contributed by atoms with van der Waals surface area (Å²) in [5.41, 5.74) is 9.12. The molecule has 0 saturated heterocycles. The zero-order valence-electron chi connectivity index (χ0n) is 9.59. The number of nitrogens with two attached hydrogens (primary N) is 1. The van der Waals surface area contributed by atoms with Crippen LogP contribution in [0, 0.1) is 13.8 Å². The van der Waals surface area contributed by atoms with Gasteiger partial charge >= 0.3 is 0 Å². The minimum atomic E-state index is 0.0942. The van der Waals surface area contributed by atoms with Crippen molar-refractivity contribution in [1.29, 1.82) is 0 Å². The number of rotatable bonds is 3. The van der Waals surface area contributed by atoms with Crippen molar-refractivity contribution in [3.63, 3.8) is 0 Å². The Morgan fingerprint density at radius 2 is 2.00 bits per heavy atom. The smallest absolute Gasteiger partial charge is 0.0894 e. The van der Waals surface area contributed by atoms with Crippen molar-refractivity contribution in [2.24, 2.45) is 5.73 Å². The molecule has 2 heterocycles. The van der Waals surface area contributed by atoms with E-state index in [2.05, 4.69) is 16.1 Å². The Bertz CT molecular complexity index is 461. The molecule has 84 valence electrons. The van der Waals surface area contributed by atoms with Crippen molar-refractivity contribution >= 4 is 0 Å². The molecule has 0 spiro atoms. The summed E-state index contributed by atoms with van der Waals surface area (Å²) in [6, 6.07) is 6.11. The van der Waals surface area contributed by atoms with Gasteiger partial charge in [0.2, 0.25) is 0 Å². The van der Waals surface area contributed by atoms with E-state index in [0.29, 0.717) is 6.54 Å². The Hall–Kier alpha value is -1.68. The topological polar surface area (TPSA) is 56.7 Å². The van der Waals surface area contributed by atoms with Gasteiger partial charge in [-0.05, 0) is 37.6 Å². The zero-order chi connectivity index (χ0) is 11.5. The maximum atomic E-state index is 5.83. The number of aromatic nitrogens is 3. The molecular weight excluding hydrogens is 200 g/mol. The normalized spacial score (nSPS) is 12.7. The SMILES string of the molecule is Cc1cc(C)n(C(CN)c2ccncc2)n1. The Morgan fingerprint density at radius 1 is 1.31 bits per heavy atom. The second-order valence-corrected chi connectivity index (χ2v) is 3.90. The van der Waals surface area contributed by atoms with Crippen molar-refractivity contribution in [3.8, 4) is 0 Å². The number of hydrogen-bond donors (Lipinski definition) is 1. The lowest BCUT2D eigenvalue weighted by molar-refractivity contribution is 0.516. The van der Waals surface area contributed by atoms with Crippen LogP contribution in [0.4, 0.5) is 0 Å². The van der Waals surface area contributed by atoms with E-state index in [9.17, 15) is 0 Å². The van der Waals surface area contributed by atoms with Crippen molar-refractivity contribution in [1.82, 2.24) is 14.8 Å². The van der Waals surface area contributed by atoms with Crippen LogP contribution in [-0.4, -0.2) is 21.3 Å². The first-order valence-electron chi connectivity index (χ1n) is 5.35. The number of nitrogens with zero attached hydrogens (tertiary/aromatic N) is 3. The minimum absolute atomic E-state index is 0.0942. The van der Waals surface area contributed by atoms with Gasteiger partial charge in [0.05, 0.1) is 11.7 Å². The molecular formula is C12H16N4. The maximum absolute atomic E-state index is 5.83. The first kappa shape index (κ1) is 10.8. The van der Waals surface area contributed by atoms with E-state index in [0.717, 1.165) is 17.0 Å². The first-order valence-corrected chi connectivity index (χ1v) is 5.35. The molecule has 0 saturated carbocycles. The van der Waals surface area contributed by atoms with Crippen molar-refractivity contribution < 1.29 is 0 Å². The molecule has 4 heteroatoms. The summed E-state index contributed by atoms with van der Waals surface area (Å²) >= 11 is 0. The van der Waals surface area contributed by atoms with Crippen LogP contribution in [0.25, 0.3) is 0 Å². The highest BCUT2D eigenvalue weighted by molar-refractivity contribution is 5.19. The Balaban J connectivity index is 2.40. The Kier molecular flexibility index (Phi) is 3.01. The number of hydrogen-bond acceptors (Lipinski definition) is 3. The van der Waals surface area contributed by atoms with Crippen LogP contribution in [0.15, 0.2) is 30.6 Å². The van der Waals surface area contributed by atoms with Gasteiger partial charge in [0.25, 0.3) is 0 Å². The molecule has 1 unspecified atom stereocenters. The second-order valence-electron chi connectivity index (χ2n) is 3.90. The summed E-state index contributed by atoms with van der Waals surface area (Å²) < 4.78 is 1.98. The highest BCUT2D eigenvalue weighted by atomic mass is 15.3. The molecule has 4 nitrogen and oxygen atoms in total. The van der Waals surface area contributed by atoms with Gasteiger partial charge in [-0.25, -0.2) is 0 Å². The first-order chi connectivity index (χ1) is 7.72. The molecule has 2 N–H and O–H groups in total. The highest BCUT2D eigenvalue weighted by Gasteiger charge is 2.14. The summed E-state index contributed by atoms with van der Waals surface area (Å²) in [7, 11) is 0. The van der Waals surface area contributed by atoms with E-state index >= 15 is 0 Å². The molecule has 0 amide bonds. The largest absolute Gasteiger partial charge is 0.328 e. The van der Waals surface area contributed by atoms with Crippen LogP contribution in [0.1, 0.15) is 23.0 Å². The molecule has 0 aliphatic heterocycles. The van der Waals surface area contributed by atoms with E-state index in [1.54, 1.807) is 12.4 Å². The number of aryl methyl sites for hydroxylation is 2. The van der Waals surface area contributed by atoms with Crippen molar-refractivity contribution in [2.45, 2.75) is 19.9 Å². The standard InChI is InChI=1S/C12H16N4/c1-9-7-10(2)16(15-9)12(8-13)11-3-5-14-6-4-11/h3-7,12H,8,13H2,1-2H3. The molecule has 2 aromatic heterocycles. The average molecular weight is 216 g/mol. The summed E-state index contributed by atoms with van der Waals surface area (Å²) in [4.78, 5) is 4.01. The van der Waals surface area contributed by atoms with E-state index in [1.165, 1.54) is 0 Å². The summed E-state index contributed by atoms with van der Waals surface area (Å²) in [6.45, 7) is 4.57. The molecule has 0 aromatic carbocycles. The fourth-order valence-corrected chi connectivity index (χ4v) is 1.92. The predicted molar refractivity (Wildman–Crippen MR) is 63.1 cm³/mol. The monoisotopic (exact) mass is 216 g/mol. The Morgan fingerprint density at radius 3 is 2.50 bits per heavy atom. The third kappa shape index (κ3) is 1.97. The van der Waals surface area contributed by atoms with Gasteiger partial charge < -0.3 is 5.73 Å². The lowest BCUT2D eigenvalue weighted by Crippen LogP contribution is -2.22. The second kappa shape index (κ2) is 4.45. The molecule has 2 aromatic rings. The average Bonchev–Trinajstić information content (AvgIpc) is 2.61. The van der Waals surface area contributed by atoms with E-state index in [1.807, 2.05) is 30.7 Å². The van der Waals surface area contributed by atoms with Crippen molar-refractivity contribution in [2.75, 3.05) is 6.54 Å². The van der Waals surface area contributed by atoms with Crippen LogP contribution in [0.3, 0.4) is 0 Å². The minimum Gasteiger partial charge on any atom is -0.328 e. The molecule has 0 bridgehead atoms. The Labute approximate surface area is 95.1 Å². The summed E-state index contributed by atoms with van der Waals surface area (Å²) in [5.74, 6) is 0. The lowest BCUT2D eigenvalue weighted by Gasteiger charge is -2.17. The maximum Gasteiger partial charge on any atom is 0.0894 e. The zero-order valence-corrected chi connectivity index (χ0v) is 9.59. The molecule has 0 aliphatic rings. The van der Waals surface area contributed by atoms with Gasteiger partial charge in [0.1, 0.15) is 0 Å². The predicted octanol–water partition coefficient (Wildman–Crippen LogP) is 1.44. The fraction of sp³-hybridized carbons (Fsp3) is 0.333. The highest BCUT2D eigenvalue weighted by Crippen LogP contribution is 2.18. The van der Waals surface area contributed by atoms with Crippen LogP contribution >= 0.6 is 0 Å². The third-order valence-corrected chi connectivity index (χ3v) is 2.65. The van der Waals surface area contributed by atoms with Crippen LogP contribution < -0.4 is 5.73 Å². The van der Waals surface area contributed by atoms with Crippen LogP contribution in [0.2, 0.25) is 0 Å². The summed E-state index contributed by atoms with van der Waals surface area (Å²) in [6.07, 6.45) is 3.56. The molecule has 0 aliphatic carbocycles. The molecule has 0 fully saturated rings. The van der Waals surface area contributed by atoms with E-state index in [-0.39, 0.29) is 6.04 Å². The van der Waals surface area contributed by atoms with Gasteiger partial charge in [-0.15, -0.1) is 0 Å². The number of pyridine rings is 1. The van der Waals surface area contributed by atoms with Crippen LogP contribution in [-0.2, 0) is 0 Å². The van der Waals surface area contributed by atoms with E-state index in [4.69, 9.17) is 5.73 Å². The molecule has 16 heavy (non-hydrogen) atoms. The van der Waals surface area contributed by atoms with Crippen LogP contribution in [0.5, 0.6) is 0 Å². The van der Waals surface area contributed by atoms with Gasteiger partial charge in [0.15, 0.2) is 0 Å². The lowest BCUT2D eigenvalue weighted by atomic mass is 10.1. The third-order valence-electron chi connectivity index (χ3n) is 2.65. The molecule has 0 radical (unpaired) electrons. The van der Waals surface area contributed by atoms with Gasteiger partial charge in [-0.2, -0.15) is 5.10 Å². The quantitative estimate of drug-likeness (QED) is 0.844. The molecule has 1 atom stereocenters. The van der Waals surface area contributed by atoms with Crippen molar-refractivity contribution in [3.05, 3.63) is 47.5 Å². The summed E-state index contributed by atoms with van der Waals surface area (Å²) in [5, 5.41) is 4.47.